The van der Waals surface area contributed by atoms with E-state index in [-0.39, 0.29) is 5.54 Å². The summed E-state index contributed by atoms with van der Waals surface area (Å²) in [4.78, 5) is 10.2. The molecule has 2 aromatic carbocycles. The van der Waals surface area contributed by atoms with Crippen molar-refractivity contribution < 1.29 is 0 Å². The summed E-state index contributed by atoms with van der Waals surface area (Å²) in [5.74, 6) is 2.93. The molecule has 1 saturated carbocycles. The van der Waals surface area contributed by atoms with Crippen LogP contribution in [0.2, 0.25) is 0 Å². The molecule has 1 aliphatic carbocycles. The number of unbranched alkanes of at least 4 members (excludes halogenated alkanes) is 1. The van der Waals surface area contributed by atoms with E-state index in [0.717, 1.165) is 72.9 Å². The average Bonchev–Trinajstić information content (AvgIpc) is 3.58. The number of nitrogens with zero attached hydrogens (tertiary/aromatic N) is 3. The first-order valence-corrected chi connectivity index (χ1v) is 13.3. The molecule has 0 aliphatic heterocycles. The van der Waals surface area contributed by atoms with Crippen LogP contribution in [0.3, 0.4) is 0 Å². The van der Waals surface area contributed by atoms with Gasteiger partial charge in [0.25, 0.3) is 0 Å². The number of fused-ring (bicyclic) bond motifs is 3. The predicted octanol–water partition coefficient (Wildman–Crippen LogP) is 6.69. The lowest BCUT2D eigenvalue weighted by Crippen LogP contribution is -2.26. The number of aromatic nitrogens is 3. The monoisotopic (exact) mass is 469 g/mol. The lowest BCUT2D eigenvalue weighted by atomic mass is 10.1. The average molecular weight is 470 g/mol. The lowest BCUT2D eigenvalue weighted by molar-refractivity contribution is 0.632. The van der Waals surface area contributed by atoms with Crippen LogP contribution in [0.4, 0.5) is 5.82 Å². The lowest BCUT2D eigenvalue weighted by Gasteiger charge is -2.22. The Labute approximate surface area is 209 Å². The SMILES string of the molecule is CCCCc1nc2c(NC(C)(C)C)nc3ccccc3c2n1Cc1ccc(CNCC2CC2)cc1. The number of pyridine rings is 1. The van der Waals surface area contributed by atoms with Gasteiger partial charge in [-0.25, -0.2) is 9.97 Å². The topological polar surface area (TPSA) is 54.8 Å². The zero-order chi connectivity index (χ0) is 24.4. The molecule has 2 heterocycles. The molecule has 5 nitrogen and oxygen atoms in total. The molecule has 0 amide bonds. The summed E-state index contributed by atoms with van der Waals surface area (Å²) in [5.41, 5.74) is 5.72. The van der Waals surface area contributed by atoms with E-state index in [0.29, 0.717) is 0 Å². The second-order valence-electron chi connectivity index (χ2n) is 11.2. The van der Waals surface area contributed by atoms with Crippen LogP contribution >= 0.6 is 0 Å². The van der Waals surface area contributed by atoms with Crippen LogP contribution in [-0.2, 0) is 19.5 Å². The highest BCUT2D eigenvalue weighted by atomic mass is 15.1. The van der Waals surface area contributed by atoms with Crippen molar-refractivity contribution in [3.8, 4) is 0 Å². The first-order chi connectivity index (χ1) is 16.9. The highest BCUT2D eigenvalue weighted by molar-refractivity contribution is 6.07. The maximum absolute atomic E-state index is 5.19. The van der Waals surface area contributed by atoms with Gasteiger partial charge in [0.15, 0.2) is 5.82 Å². The predicted molar refractivity (Wildman–Crippen MR) is 147 cm³/mol. The molecular weight excluding hydrogens is 430 g/mol. The molecule has 0 atom stereocenters. The molecule has 35 heavy (non-hydrogen) atoms. The molecule has 5 rings (SSSR count). The minimum absolute atomic E-state index is 0.0981. The summed E-state index contributed by atoms with van der Waals surface area (Å²) in [5, 5.41) is 8.39. The van der Waals surface area contributed by atoms with Crippen LogP contribution in [0, 0.1) is 5.92 Å². The second-order valence-corrected chi connectivity index (χ2v) is 11.2. The minimum atomic E-state index is -0.0981. The summed E-state index contributed by atoms with van der Waals surface area (Å²) in [7, 11) is 0. The van der Waals surface area contributed by atoms with E-state index in [2.05, 4.69) is 91.4 Å². The number of imidazole rings is 1. The zero-order valence-corrected chi connectivity index (χ0v) is 21.7. The van der Waals surface area contributed by atoms with E-state index >= 15 is 0 Å². The van der Waals surface area contributed by atoms with Gasteiger partial charge >= 0.3 is 0 Å². The standard InChI is InChI=1S/C30H39N5/c1-5-6-11-26-33-27-28(24-9-7-8-10-25(24)32-29(27)34-30(2,3)4)35(26)20-23-16-14-22(15-17-23)19-31-18-21-12-13-21/h7-10,14-17,21,31H,5-6,11-13,18-20H2,1-4H3,(H,32,34). The fourth-order valence-corrected chi connectivity index (χ4v) is 4.71. The fraction of sp³-hybridized carbons (Fsp3) is 0.467. The molecule has 184 valence electrons. The van der Waals surface area contributed by atoms with Crippen LogP contribution in [0.1, 0.15) is 70.3 Å². The largest absolute Gasteiger partial charge is 0.364 e. The summed E-state index contributed by atoms with van der Waals surface area (Å²) < 4.78 is 2.43. The van der Waals surface area contributed by atoms with Gasteiger partial charge in [0.05, 0.1) is 11.0 Å². The normalized spacial score (nSPS) is 14.2. The number of anilines is 1. The Hall–Kier alpha value is -2.92. The molecule has 5 heteroatoms. The van der Waals surface area contributed by atoms with Gasteiger partial charge in [-0.1, -0.05) is 55.8 Å². The molecule has 2 N–H and O–H groups in total. The van der Waals surface area contributed by atoms with Gasteiger partial charge in [0.1, 0.15) is 11.3 Å². The van der Waals surface area contributed by atoms with Gasteiger partial charge in [0.2, 0.25) is 0 Å². The summed E-state index contributed by atoms with van der Waals surface area (Å²) in [6, 6.07) is 17.6. The van der Waals surface area contributed by atoms with Crippen LogP contribution < -0.4 is 10.6 Å². The van der Waals surface area contributed by atoms with Crippen molar-refractivity contribution in [2.45, 2.75) is 78.4 Å². The smallest absolute Gasteiger partial charge is 0.155 e. The van der Waals surface area contributed by atoms with Crippen LogP contribution in [0.15, 0.2) is 48.5 Å². The van der Waals surface area contributed by atoms with Crippen molar-refractivity contribution in [2.24, 2.45) is 5.92 Å². The summed E-state index contributed by atoms with van der Waals surface area (Å²) in [6.45, 7) is 11.7. The van der Waals surface area contributed by atoms with E-state index < -0.39 is 0 Å². The van der Waals surface area contributed by atoms with Crippen molar-refractivity contribution in [2.75, 3.05) is 11.9 Å². The van der Waals surface area contributed by atoms with Gasteiger partial charge in [0, 0.05) is 30.4 Å². The highest BCUT2D eigenvalue weighted by Crippen LogP contribution is 2.32. The number of benzene rings is 2. The van der Waals surface area contributed by atoms with Crippen molar-refractivity contribution in [3.63, 3.8) is 0 Å². The molecule has 0 bridgehead atoms. The molecule has 0 unspecified atom stereocenters. The Morgan fingerprint density at radius 2 is 1.71 bits per heavy atom. The molecule has 4 aromatic rings. The Bertz CT molecular complexity index is 1290. The minimum Gasteiger partial charge on any atom is -0.364 e. The Morgan fingerprint density at radius 1 is 0.971 bits per heavy atom. The molecule has 1 fully saturated rings. The van der Waals surface area contributed by atoms with Gasteiger partial charge in [-0.15, -0.1) is 0 Å². The molecule has 2 aromatic heterocycles. The zero-order valence-electron chi connectivity index (χ0n) is 21.7. The maximum atomic E-state index is 5.19. The Balaban J connectivity index is 1.53. The number of hydrogen-bond acceptors (Lipinski definition) is 4. The van der Waals surface area contributed by atoms with Crippen LogP contribution in [0.25, 0.3) is 21.9 Å². The highest BCUT2D eigenvalue weighted by Gasteiger charge is 2.22. The summed E-state index contributed by atoms with van der Waals surface area (Å²) in [6.07, 6.45) is 6.03. The van der Waals surface area contributed by atoms with Crippen LogP contribution in [0.5, 0.6) is 0 Å². The van der Waals surface area contributed by atoms with Crippen molar-refractivity contribution in [1.82, 2.24) is 19.9 Å². The number of para-hydroxylation sites is 1. The van der Waals surface area contributed by atoms with E-state index in [1.165, 1.54) is 29.5 Å². The molecule has 0 spiro atoms. The first-order valence-electron chi connectivity index (χ1n) is 13.3. The third-order valence-corrected chi connectivity index (χ3v) is 6.73. The number of hydrogen-bond donors (Lipinski definition) is 2. The fourth-order valence-electron chi connectivity index (χ4n) is 4.71. The van der Waals surface area contributed by atoms with E-state index in [1.54, 1.807) is 0 Å². The quantitative estimate of drug-likeness (QED) is 0.272. The molecule has 1 aliphatic rings. The molecule has 0 saturated heterocycles. The van der Waals surface area contributed by atoms with Crippen LogP contribution in [-0.4, -0.2) is 26.6 Å². The number of nitrogens with one attached hydrogen (secondary N) is 2. The van der Waals surface area contributed by atoms with E-state index in [1.807, 2.05) is 0 Å². The van der Waals surface area contributed by atoms with Gasteiger partial charge < -0.3 is 15.2 Å². The number of rotatable bonds is 10. The van der Waals surface area contributed by atoms with Gasteiger partial charge in [-0.05, 0) is 69.7 Å². The van der Waals surface area contributed by atoms with Crippen molar-refractivity contribution in [1.29, 1.82) is 0 Å². The third kappa shape index (κ3) is 5.67. The molecular formula is C30H39N5. The Morgan fingerprint density at radius 3 is 2.43 bits per heavy atom. The van der Waals surface area contributed by atoms with Gasteiger partial charge in [-0.2, -0.15) is 0 Å². The van der Waals surface area contributed by atoms with E-state index in [9.17, 15) is 0 Å². The van der Waals surface area contributed by atoms with Crippen molar-refractivity contribution in [3.05, 3.63) is 65.5 Å². The van der Waals surface area contributed by atoms with Crippen molar-refractivity contribution >= 4 is 27.8 Å². The van der Waals surface area contributed by atoms with E-state index in [4.69, 9.17) is 9.97 Å². The van der Waals surface area contributed by atoms with Gasteiger partial charge in [-0.3, -0.25) is 0 Å². The second kappa shape index (κ2) is 9.98. The molecule has 0 radical (unpaired) electrons. The summed E-state index contributed by atoms with van der Waals surface area (Å²) >= 11 is 0. The number of aryl methyl sites for hydroxylation is 1. The Kier molecular flexibility index (Phi) is 6.79. The third-order valence-electron chi connectivity index (χ3n) is 6.73. The first kappa shape index (κ1) is 23.8. The maximum Gasteiger partial charge on any atom is 0.155 e.